The molecular weight excluding hydrogens is 585 g/mol. The predicted octanol–water partition coefficient (Wildman–Crippen LogP) is 5.37. The number of halogens is 2. The number of nitrogens with zero attached hydrogens (tertiary/aromatic N) is 3. The van der Waals surface area contributed by atoms with Gasteiger partial charge >= 0.3 is 5.97 Å². The average Bonchev–Trinajstić information content (AvgIpc) is 3.53. The molecule has 0 spiro atoms. The van der Waals surface area contributed by atoms with Crippen molar-refractivity contribution in [1.29, 1.82) is 0 Å². The normalized spacial score (nSPS) is 15.0. The summed E-state index contributed by atoms with van der Waals surface area (Å²) < 4.78 is 7.90. The third-order valence-electron chi connectivity index (χ3n) is 6.87. The maximum absolute atomic E-state index is 13.9. The number of hydrogen-bond acceptors (Lipinski definition) is 6. The highest BCUT2D eigenvalue weighted by Gasteiger charge is 2.34. The average molecular weight is 611 g/mol. The SMILES string of the molecule is CCN(CC)C(=O)C1=C(C)N=c2s/c(=C/c3ccc(-c4ccc(C(=O)O)c(Cl)c4)o3)c(=O)n2[C@@H]1c1ccc(Cl)cc1. The summed E-state index contributed by atoms with van der Waals surface area (Å²) in [6.45, 7) is 6.66. The van der Waals surface area contributed by atoms with Crippen LogP contribution in [0.2, 0.25) is 10.0 Å². The number of furan rings is 1. The first-order valence-corrected chi connectivity index (χ1v) is 14.4. The number of hydrogen-bond donors (Lipinski definition) is 1. The van der Waals surface area contributed by atoms with Gasteiger partial charge in [-0.05, 0) is 62.7 Å². The molecule has 1 aliphatic heterocycles. The van der Waals surface area contributed by atoms with E-state index in [2.05, 4.69) is 4.99 Å². The Morgan fingerprint density at radius 3 is 2.44 bits per heavy atom. The number of carboxylic acid groups (broad SMARTS) is 1. The number of carbonyl (C=O) groups excluding carboxylic acids is 1. The summed E-state index contributed by atoms with van der Waals surface area (Å²) in [5.74, 6) is -0.411. The molecule has 0 radical (unpaired) electrons. The highest BCUT2D eigenvalue weighted by Crippen LogP contribution is 2.32. The van der Waals surface area contributed by atoms with E-state index < -0.39 is 12.0 Å². The Labute approximate surface area is 249 Å². The summed E-state index contributed by atoms with van der Waals surface area (Å²) in [5, 5.41) is 9.87. The van der Waals surface area contributed by atoms with Crippen molar-refractivity contribution >= 4 is 52.5 Å². The van der Waals surface area contributed by atoms with Crippen LogP contribution in [0.5, 0.6) is 0 Å². The van der Waals surface area contributed by atoms with Crippen LogP contribution in [0.15, 0.2) is 80.1 Å². The highest BCUT2D eigenvalue weighted by molar-refractivity contribution is 7.07. The quantitative estimate of drug-likeness (QED) is 0.303. The minimum Gasteiger partial charge on any atom is -0.478 e. The first kappa shape index (κ1) is 28.6. The molecule has 11 heteroatoms. The number of carboxylic acids is 1. The van der Waals surface area contributed by atoms with Gasteiger partial charge in [-0.15, -0.1) is 0 Å². The number of allylic oxidation sites excluding steroid dienone is 1. The summed E-state index contributed by atoms with van der Waals surface area (Å²) in [6.07, 6.45) is 1.63. The number of rotatable bonds is 7. The molecule has 0 saturated carbocycles. The van der Waals surface area contributed by atoms with Gasteiger partial charge in [0, 0.05) is 29.8 Å². The van der Waals surface area contributed by atoms with Crippen LogP contribution in [0.1, 0.15) is 48.5 Å². The smallest absolute Gasteiger partial charge is 0.337 e. The Balaban J connectivity index is 1.61. The van der Waals surface area contributed by atoms with E-state index >= 15 is 0 Å². The van der Waals surface area contributed by atoms with E-state index in [-0.39, 0.29) is 22.1 Å². The molecule has 5 rings (SSSR count). The summed E-state index contributed by atoms with van der Waals surface area (Å²) in [4.78, 5) is 45.7. The largest absolute Gasteiger partial charge is 0.478 e. The second kappa shape index (κ2) is 11.5. The van der Waals surface area contributed by atoms with Crippen molar-refractivity contribution < 1.29 is 19.1 Å². The molecule has 2 aromatic carbocycles. The first-order chi connectivity index (χ1) is 19.6. The van der Waals surface area contributed by atoms with Gasteiger partial charge in [-0.3, -0.25) is 14.2 Å². The molecule has 0 saturated heterocycles. The molecule has 1 atom stereocenters. The van der Waals surface area contributed by atoms with Crippen molar-refractivity contribution in [2.75, 3.05) is 13.1 Å². The zero-order chi connectivity index (χ0) is 29.4. The van der Waals surface area contributed by atoms with Crippen molar-refractivity contribution in [2.24, 2.45) is 4.99 Å². The summed E-state index contributed by atoms with van der Waals surface area (Å²) in [7, 11) is 0. The van der Waals surface area contributed by atoms with Gasteiger partial charge in [-0.1, -0.05) is 52.7 Å². The molecule has 1 amide bonds. The van der Waals surface area contributed by atoms with Crippen LogP contribution in [0.3, 0.4) is 0 Å². The van der Waals surface area contributed by atoms with Crippen molar-refractivity contribution in [3.63, 3.8) is 0 Å². The van der Waals surface area contributed by atoms with Gasteiger partial charge in [0.05, 0.1) is 32.4 Å². The van der Waals surface area contributed by atoms with E-state index in [0.29, 0.717) is 55.8 Å². The van der Waals surface area contributed by atoms with Crippen molar-refractivity contribution in [1.82, 2.24) is 9.47 Å². The third-order valence-corrected chi connectivity index (χ3v) is 8.42. The zero-order valence-electron chi connectivity index (χ0n) is 22.4. The van der Waals surface area contributed by atoms with Crippen LogP contribution in [-0.2, 0) is 4.79 Å². The van der Waals surface area contributed by atoms with Crippen LogP contribution in [-0.4, -0.2) is 39.5 Å². The third kappa shape index (κ3) is 5.40. The molecule has 0 bridgehead atoms. The number of aromatic carboxylic acids is 1. The van der Waals surface area contributed by atoms with E-state index in [1.165, 1.54) is 23.5 Å². The molecule has 3 heterocycles. The number of fused-ring (bicyclic) bond motifs is 1. The van der Waals surface area contributed by atoms with Crippen LogP contribution in [0.25, 0.3) is 17.4 Å². The van der Waals surface area contributed by atoms with E-state index in [4.69, 9.17) is 27.6 Å². The Morgan fingerprint density at radius 1 is 1.10 bits per heavy atom. The molecule has 4 aromatic rings. The van der Waals surface area contributed by atoms with Gasteiger partial charge < -0.3 is 14.4 Å². The number of aromatic nitrogens is 1. The Bertz CT molecular complexity index is 1880. The lowest BCUT2D eigenvalue weighted by molar-refractivity contribution is -0.127. The second-order valence-electron chi connectivity index (χ2n) is 9.31. The molecular formula is C30H25Cl2N3O5S. The van der Waals surface area contributed by atoms with Crippen molar-refractivity contribution in [2.45, 2.75) is 26.8 Å². The van der Waals surface area contributed by atoms with E-state index in [1.54, 1.807) is 52.8 Å². The number of thiazole rings is 1. The molecule has 8 nitrogen and oxygen atoms in total. The topological polar surface area (TPSA) is 105 Å². The van der Waals surface area contributed by atoms with Crippen molar-refractivity contribution in [3.05, 3.63) is 112 Å². The number of carbonyl (C=O) groups is 2. The van der Waals surface area contributed by atoms with Crippen LogP contribution < -0.4 is 14.9 Å². The Morgan fingerprint density at radius 2 is 1.80 bits per heavy atom. The van der Waals surface area contributed by atoms with E-state index in [9.17, 15) is 19.5 Å². The van der Waals surface area contributed by atoms with Gasteiger partial charge in [0.25, 0.3) is 11.5 Å². The molecule has 0 fully saturated rings. The fraction of sp³-hybridized carbons (Fsp3) is 0.200. The molecule has 0 unspecified atom stereocenters. The van der Waals surface area contributed by atoms with Gasteiger partial charge in [0.2, 0.25) is 0 Å². The minimum atomic E-state index is -1.12. The first-order valence-electron chi connectivity index (χ1n) is 12.8. The molecule has 1 N–H and O–H groups in total. The highest BCUT2D eigenvalue weighted by atomic mass is 35.5. The fourth-order valence-corrected chi connectivity index (χ4v) is 6.21. The molecule has 210 valence electrons. The summed E-state index contributed by atoms with van der Waals surface area (Å²) in [6, 6.07) is 14.4. The van der Waals surface area contributed by atoms with Gasteiger partial charge in [0.1, 0.15) is 11.5 Å². The Kier molecular flexibility index (Phi) is 8.04. The lowest BCUT2D eigenvalue weighted by Gasteiger charge is -2.29. The number of amides is 1. The maximum atomic E-state index is 13.9. The maximum Gasteiger partial charge on any atom is 0.337 e. The van der Waals surface area contributed by atoms with Crippen LogP contribution in [0, 0.1) is 0 Å². The zero-order valence-corrected chi connectivity index (χ0v) is 24.7. The van der Waals surface area contributed by atoms with E-state index in [0.717, 1.165) is 5.56 Å². The summed E-state index contributed by atoms with van der Waals surface area (Å²) in [5.41, 5.74) is 2.02. The lowest BCUT2D eigenvalue weighted by Crippen LogP contribution is -2.43. The molecule has 41 heavy (non-hydrogen) atoms. The predicted molar refractivity (Wildman–Crippen MR) is 159 cm³/mol. The van der Waals surface area contributed by atoms with Gasteiger partial charge in [0.15, 0.2) is 4.80 Å². The second-order valence-corrected chi connectivity index (χ2v) is 11.2. The number of benzene rings is 2. The molecule has 2 aromatic heterocycles. The monoisotopic (exact) mass is 609 g/mol. The Hall–Kier alpha value is -3.92. The standard InChI is InChI=1S/C30H25Cl2N3O5S/c1-4-34(5-2)28(37)25-16(3)33-30-35(26(25)17-6-9-19(31)10-7-17)27(36)24(41-30)15-20-11-13-23(40-20)18-8-12-21(29(38)39)22(32)14-18/h6-15,26H,4-5H2,1-3H3,(H,38,39)/b24-15+/t26-/m1/s1. The number of likely N-dealkylation sites (N-methyl/N-ethyl adjacent to an activating group) is 1. The van der Waals surface area contributed by atoms with Gasteiger partial charge in [-0.2, -0.15) is 0 Å². The minimum absolute atomic E-state index is 0.00677. The lowest BCUT2D eigenvalue weighted by atomic mass is 9.94. The summed E-state index contributed by atoms with van der Waals surface area (Å²) >= 11 is 13.5. The molecule has 1 aliphatic rings. The van der Waals surface area contributed by atoms with Gasteiger partial charge in [-0.25, -0.2) is 9.79 Å². The van der Waals surface area contributed by atoms with Crippen molar-refractivity contribution in [3.8, 4) is 11.3 Å². The van der Waals surface area contributed by atoms with Crippen LogP contribution in [0.4, 0.5) is 0 Å². The molecule has 0 aliphatic carbocycles. The fourth-order valence-electron chi connectivity index (χ4n) is 4.79. The van der Waals surface area contributed by atoms with E-state index in [1.807, 2.05) is 26.0 Å². The van der Waals surface area contributed by atoms with Crippen LogP contribution >= 0.6 is 34.5 Å².